The average Bonchev–Trinajstić information content (AvgIpc) is 3.45. The van der Waals surface area contributed by atoms with E-state index in [0.29, 0.717) is 11.4 Å². The Balaban J connectivity index is 1.45. The van der Waals surface area contributed by atoms with Gasteiger partial charge in [-0.2, -0.15) is 5.10 Å². The SMILES string of the molecule is Cc1ccc2nc(-c3ccc(NS(=O)(=O)c4cn(C(C)C)nc4-c4ccccc4)cc3)sc2c1. The third kappa shape index (κ3) is 4.34. The average molecular weight is 489 g/mol. The number of nitrogens with one attached hydrogen (secondary N) is 1. The molecule has 0 fully saturated rings. The van der Waals surface area contributed by atoms with Crippen LogP contribution in [0.15, 0.2) is 83.9 Å². The predicted octanol–water partition coefficient (Wildman–Crippen LogP) is 6.52. The third-order valence-electron chi connectivity index (χ3n) is 5.49. The smallest absolute Gasteiger partial charge is 0.265 e. The summed E-state index contributed by atoms with van der Waals surface area (Å²) in [4.78, 5) is 4.86. The van der Waals surface area contributed by atoms with Gasteiger partial charge in [0.25, 0.3) is 10.0 Å². The fraction of sp³-hybridized carbons (Fsp3) is 0.154. The molecule has 3 aromatic carbocycles. The molecule has 8 heteroatoms. The van der Waals surface area contributed by atoms with Crippen LogP contribution in [0.3, 0.4) is 0 Å². The van der Waals surface area contributed by atoms with E-state index >= 15 is 0 Å². The second-order valence-corrected chi connectivity index (χ2v) is 11.1. The van der Waals surface area contributed by atoms with Gasteiger partial charge in [-0.3, -0.25) is 9.40 Å². The minimum Gasteiger partial charge on any atom is -0.280 e. The van der Waals surface area contributed by atoms with Crippen LogP contribution >= 0.6 is 11.3 Å². The monoisotopic (exact) mass is 488 g/mol. The molecule has 1 N–H and O–H groups in total. The van der Waals surface area contributed by atoms with Gasteiger partial charge in [0.15, 0.2) is 0 Å². The normalized spacial score (nSPS) is 11.9. The van der Waals surface area contributed by atoms with Crippen LogP contribution in [0.5, 0.6) is 0 Å². The maximum Gasteiger partial charge on any atom is 0.265 e. The molecule has 0 spiro atoms. The lowest BCUT2D eigenvalue weighted by molar-refractivity contribution is 0.532. The molecule has 0 atom stereocenters. The number of hydrogen-bond acceptors (Lipinski definition) is 5. The van der Waals surface area contributed by atoms with E-state index in [1.165, 1.54) is 5.56 Å². The van der Waals surface area contributed by atoms with Gasteiger partial charge in [-0.25, -0.2) is 13.4 Å². The summed E-state index contributed by atoms with van der Waals surface area (Å²) < 4.78 is 32.2. The largest absolute Gasteiger partial charge is 0.280 e. The van der Waals surface area contributed by atoms with Gasteiger partial charge in [0.05, 0.1) is 10.2 Å². The second-order valence-electron chi connectivity index (χ2n) is 8.45. The van der Waals surface area contributed by atoms with E-state index < -0.39 is 10.0 Å². The first-order chi connectivity index (χ1) is 16.3. The lowest BCUT2D eigenvalue weighted by atomic mass is 10.2. The highest BCUT2D eigenvalue weighted by molar-refractivity contribution is 7.92. The quantitative estimate of drug-likeness (QED) is 0.295. The summed E-state index contributed by atoms with van der Waals surface area (Å²) in [6, 6.07) is 22.9. The number of aryl methyl sites for hydroxylation is 1. The topological polar surface area (TPSA) is 76.9 Å². The molecule has 0 bridgehead atoms. The summed E-state index contributed by atoms with van der Waals surface area (Å²) in [5, 5.41) is 5.46. The van der Waals surface area contributed by atoms with Gasteiger partial charge in [-0.1, -0.05) is 36.4 Å². The van der Waals surface area contributed by atoms with Crippen molar-refractivity contribution in [3.05, 3.63) is 84.6 Å². The zero-order valence-electron chi connectivity index (χ0n) is 19.1. The number of thiazole rings is 1. The first-order valence-corrected chi connectivity index (χ1v) is 13.3. The molecule has 0 saturated carbocycles. The second kappa shape index (κ2) is 8.70. The van der Waals surface area contributed by atoms with Gasteiger partial charge in [-0.05, 0) is 62.7 Å². The number of sulfonamides is 1. The molecule has 0 aliphatic carbocycles. The van der Waals surface area contributed by atoms with E-state index in [1.807, 2.05) is 62.4 Å². The molecule has 0 aliphatic heterocycles. The van der Waals surface area contributed by atoms with Crippen LogP contribution in [-0.4, -0.2) is 23.2 Å². The third-order valence-corrected chi connectivity index (χ3v) is 7.94. The van der Waals surface area contributed by atoms with Crippen molar-refractivity contribution in [2.24, 2.45) is 0 Å². The van der Waals surface area contributed by atoms with Crippen LogP contribution in [0, 0.1) is 6.92 Å². The Morgan fingerprint density at radius 3 is 2.38 bits per heavy atom. The van der Waals surface area contributed by atoms with Crippen molar-refractivity contribution >= 4 is 37.3 Å². The molecule has 34 heavy (non-hydrogen) atoms. The Morgan fingerprint density at radius 2 is 1.68 bits per heavy atom. The molecule has 2 aromatic heterocycles. The number of hydrogen-bond donors (Lipinski definition) is 1. The molecule has 5 rings (SSSR count). The molecular formula is C26H24N4O2S2. The van der Waals surface area contributed by atoms with E-state index in [0.717, 1.165) is 26.4 Å². The Kier molecular flexibility index (Phi) is 5.71. The van der Waals surface area contributed by atoms with Crippen molar-refractivity contribution < 1.29 is 8.42 Å². The Hall–Kier alpha value is -3.49. The molecule has 0 amide bonds. The number of aromatic nitrogens is 3. The molecule has 0 unspecified atom stereocenters. The fourth-order valence-corrected chi connectivity index (χ4v) is 5.96. The van der Waals surface area contributed by atoms with Gasteiger partial charge >= 0.3 is 0 Å². The Morgan fingerprint density at radius 1 is 0.941 bits per heavy atom. The molecule has 6 nitrogen and oxygen atoms in total. The first kappa shape index (κ1) is 22.3. The number of benzene rings is 3. The van der Waals surface area contributed by atoms with Crippen LogP contribution in [0.4, 0.5) is 5.69 Å². The molecule has 0 aliphatic rings. The van der Waals surface area contributed by atoms with Gasteiger partial charge in [-0.15, -0.1) is 11.3 Å². The fourth-order valence-electron chi connectivity index (χ4n) is 3.68. The van der Waals surface area contributed by atoms with Crippen LogP contribution in [0.1, 0.15) is 25.5 Å². The van der Waals surface area contributed by atoms with E-state index in [2.05, 4.69) is 28.9 Å². The molecular weight excluding hydrogens is 464 g/mol. The molecule has 5 aromatic rings. The van der Waals surface area contributed by atoms with Crippen LogP contribution in [0.2, 0.25) is 0 Å². The first-order valence-electron chi connectivity index (χ1n) is 11.0. The van der Waals surface area contributed by atoms with Crippen molar-refractivity contribution in [2.75, 3.05) is 4.72 Å². The number of fused-ring (bicyclic) bond motifs is 1. The zero-order valence-corrected chi connectivity index (χ0v) is 20.7. The highest BCUT2D eigenvalue weighted by Crippen LogP contribution is 2.32. The maximum atomic E-state index is 13.4. The number of rotatable bonds is 6. The van der Waals surface area contributed by atoms with Gasteiger partial charge in [0.2, 0.25) is 0 Å². The summed E-state index contributed by atoms with van der Waals surface area (Å²) in [6.45, 7) is 6.00. The van der Waals surface area contributed by atoms with E-state index in [9.17, 15) is 8.42 Å². The van der Waals surface area contributed by atoms with Gasteiger partial charge in [0, 0.05) is 29.1 Å². The Bertz CT molecular complexity index is 1570. The van der Waals surface area contributed by atoms with E-state index in [-0.39, 0.29) is 10.9 Å². The lowest BCUT2D eigenvalue weighted by Gasteiger charge is -2.09. The van der Waals surface area contributed by atoms with Gasteiger partial charge in [0.1, 0.15) is 15.6 Å². The molecule has 172 valence electrons. The summed E-state index contributed by atoms with van der Waals surface area (Å²) in [6.07, 6.45) is 1.59. The highest BCUT2D eigenvalue weighted by atomic mass is 32.2. The molecule has 0 radical (unpaired) electrons. The van der Waals surface area contributed by atoms with Crippen molar-refractivity contribution in [3.8, 4) is 21.8 Å². The van der Waals surface area contributed by atoms with Crippen LogP contribution in [-0.2, 0) is 10.0 Å². The summed E-state index contributed by atoms with van der Waals surface area (Å²) >= 11 is 1.62. The minimum absolute atomic E-state index is 0.0308. The Labute approximate surface area is 203 Å². The maximum absolute atomic E-state index is 13.4. The number of nitrogens with zero attached hydrogens (tertiary/aromatic N) is 3. The van der Waals surface area contributed by atoms with Gasteiger partial charge < -0.3 is 0 Å². The zero-order chi connectivity index (χ0) is 23.9. The van der Waals surface area contributed by atoms with E-state index in [4.69, 9.17) is 4.98 Å². The lowest BCUT2D eigenvalue weighted by Crippen LogP contribution is -2.13. The minimum atomic E-state index is -3.85. The van der Waals surface area contributed by atoms with Crippen LogP contribution < -0.4 is 4.72 Å². The van der Waals surface area contributed by atoms with Crippen molar-refractivity contribution in [2.45, 2.75) is 31.7 Å². The van der Waals surface area contributed by atoms with Crippen molar-refractivity contribution in [1.29, 1.82) is 0 Å². The van der Waals surface area contributed by atoms with Crippen molar-refractivity contribution in [3.63, 3.8) is 0 Å². The highest BCUT2D eigenvalue weighted by Gasteiger charge is 2.24. The summed E-state index contributed by atoms with van der Waals surface area (Å²) in [5.41, 5.74) is 4.78. The predicted molar refractivity (Wildman–Crippen MR) is 139 cm³/mol. The standard InChI is InChI=1S/C26H24N4O2S2/c1-17(2)30-16-24(25(28-30)19-7-5-4-6-8-19)34(31,32)29-21-12-10-20(11-13-21)26-27-22-14-9-18(3)15-23(22)33-26/h4-17,29H,1-3H3. The summed E-state index contributed by atoms with van der Waals surface area (Å²) in [7, 11) is -3.85. The molecule has 2 heterocycles. The van der Waals surface area contributed by atoms with E-state index in [1.54, 1.807) is 34.3 Å². The van der Waals surface area contributed by atoms with Crippen LogP contribution in [0.25, 0.3) is 32.0 Å². The number of anilines is 1. The summed E-state index contributed by atoms with van der Waals surface area (Å²) in [5.74, 6) is 0. The van der Waals surface area contributed by atoms with Crippen molar-refractivity contribution in [1.82, 2.24) is 14.8 Å². The molecule has 0 saturated heterocycles.